The number of nitrogens with one attached hydrogen (secondary N) is 1. The van der Waals surface area contributed by atoms with Crippen LogP contribution in [0.2, 0.25) is 0 Å². The minimum Gasteiger partial charge on any atom is -0.339 e. The highest BCUT2D eigenvalue weighted by molar-refractivity contribution is 5.55. The average molecular weight is 263 g/mol. The van der Waals surface area contributed by atoms with Crippen LogP contribution in [-0.4, -0.2) is 23.2 Å². The van der Waals surface area contributed by atoms with Crippen molar-refractivity contribution in [3.8, 4) is 11.4 Å². The molecule has 102 valence electrons. The molecule has 1 unspecified atom stereocenters. The molecule has 1 aromatic carbocycles. The zero-order valence-electron chi connectivity index (χ0n) is 11.4. The molecule has 0 fully saturated rings. The number of halogens is 1. The maximum atomic E-state index is 13.3. The summed E-state index contributed by atoms with van der Waals surface area (Å²) in [5.41, 5.74) is 1.48. The van der Waals surface area contributed by atoms with Gasteiger partial charge in [0.1, 0.15) is 5.82 Å². The number of aromatic nitrogens is 2. The van der Waals surface area contributed by atoms with Gasteiger partial charge in [0.2, 0.25) is 11.7 Å². The van der Waals surface area contributed by atoms with Crippen LogP contribution < -0.4 is 5.32 Å². The summed E-state index contributed by atoms with van der Waals surface area (Å²) < 4.78 is 18.6. The smallest absolute Gasteiger partial charge is 0.228 e. The Balaban J connectivity index is 2.20. The predicted molar refractivity (Wildman–Crippen MR) is 71.3 cm³/mol. The van der Waals surface area contributed by atoms with Crippen LogP contribution in [0.1, 0.15) is 24.8 Å². The van der Waals surface area contributed by atoms with Gasteiger partial charge in [0, 0.05) is 18.0 Å². The van der Waals surface area contributed by atoms with Gasteiger partial charge in [-0.15, -0.1) is 0 Å². The van der Waals surface area contributed by atoms with E-state index < -0.39 is 0 Å². The molecule has 1 aromatic heterocycles. The van der Waals surface area contributed by atoms with E-state index in [4.69, 9.17) is 4.52 Å². The van der Waals surface area contributed by atoms with E-state index in [1.807, 2.05) is 20.0 Å². The Morgan fingerprint density at radius 2 is 2.16 bits per heavy atom. The highest BCUT2D eigenvalue weighted by Crippen LogP contribution is 2.19. The summed E-state index contributed by atoms with van der Waals surface area (Å²) >= 11 is 0. The first-order valence-electron chi connectivity index (χ1n) is 6.39. The molecule has 0 amide bonds. The first kappa shape index (κ1) is 13.7. The fourth-order valence-corrected chi connectivity index (χ4v) is 1.98. The van der Waals surface area contributed by atoms with E-state index in [0.29, 0.717) is 29.7 Å². The highest BCUT2D eigenvalue weighted by atomic mass is 19.1. The second-order valence-corrected chi connectivity index (χ2v) is 4.63. The van der Waals surface area contributed by atoms with Crippen LogP contribution in [0.15, 0.2) is 22.7 Å². The SMILES string of the molecule is CCC(Cc1nc(-c2cc(C)cc(F)c2)no1)NC. The molecule has 1 N–H and O–H groups in total. The third kappa shape index (κ3) is 3.38. The zero-order valence-corrected chi connectivity index (χ0v) is 11.4. The molecule has 0 saturated carbocycles. The summed E-state index contributed by atoms with van der Waals surface area (Å²) in [5, 5.41) is 7.09. The average Bonchev–Trinajstić information content (AvgIpc) is 2.83. The number of aryl methyl sites for hydroxylation is 1. The van der Waals surface area contributed by atoms with Gasteiger partial charge in [0.15, 0.2) is 0 Å². The standard InChI is InChI=1S/C14H18FN3O/c1-4-12(16-3)8-13-17-14(18-19-13)10-5-9(2)6-11(15)7-10/h5-7,12,16H,4,8H2,1-3H3. The molecular weight excluding hydrogens is 245 g/mol. The molecule has 0 saturated heterocycles. The summed E-state index contributed by atoms with van der Waals surface area (Å²) in [5.74, 6) is 0.713. The predicted octanol–water partition coefficient (Wildman–Crippen LogP) is 2.72. The van der Waals surface area contributed by atoms with E-state index >= 15 is 0 Å². The first-order chi connectivity index (χ1) is 9.12. The Bertz CT molecular complexity index is 529. The van der Waals surface area contributed by atoms with Gasteiger partial charge >= 0.3 is 0 Å². The van der Waals surface area contributed by atoms with E-state index in [1.165, 1.54) is 12.1 Å². The minimum atomic E-state index is -0.289. The van der Waals surface area contributed by atoms with Crippen LogP contribution in [0.25, 0.3) is 11.4 Å². The lowest BCUT2D eigenvalue weighted by Gasteiger charge is -2.09. The maximum absolute atomic E-state index is 13.3. The van der Waals surface area contributed by atoms with Gasteiger partial charge in [-0.2, -0.15) is 4.98 Å². The molecule has 0 radical (unpaired) electrons. The van der Waals surface area contributed by atoms with Crippen LogP contribution in [-0.2, 0) is 6.42 Å². The van der Waals surface area contributed by atoms with Gasteiger partial charge in [-0.1, -0.05) is 12.1 Å². The molecule has 19 heavy (non-hydrogen) atoms. The van der Waals surface area contributed by atoms with Gasteiger partial charge in [-0.25, -0.2) is 4.39 Å². The van der Waals surface area contributed by atoms with Gasteiger partial charge < -0.3 is 9.84 Å². The van der Waals surface area contributed by atoms with Crippen molar-refractivity contribution in [1.82, 2.24) is 15.5 Å². The second kappa shape index (κ2) is 5.93. The molecule has 0 aliphatic heterocycles. The normalized spacial score (nSPS) is 12.6. The van der Waals surface area contributed by atoms with Gasteiger partial charge in [0.25, 0.3) is 0 Å². The van der Waals surface area contributed by atoms with E-state index in [9.17, 15) is 4.39 Å². The fraction of sp³-hybridized carbons (Fsp3) is 0.429. The molecule has 0 spiro atoms. The van der Waals surface area contributed by atoms with Crippen LogP contribution in [0.3, 0.4) is 0 Å². The monoisotopic (exact) mass is 263 g/mol. The number of hydrogen-bond donors (Lipinski definition) is 1. The van der Waals surface area contributed by atoms with Crippen molar-refractivity contribution in [2.24, 2.45) is 0 Å². The lowest BCUT2D eigenvalue weighted by Crippen LogP contribution is -2.26. The summed E-state index contributed by atoms with van der Waals surface area (Å²) in [6.07, 6.45) is 1.65. The van der Waals surface area contributed by atoms with Crippen LogP contribution in [0.4, 0.5) is 4.39 Å². The number of rotatable bonds is 5. The van der Waals surface area contributed by atoms with Crippen molar-refractivity contribution >= 4 is 0 Å². The molecule has 2 aromatic rings. The summed E-state index contributed by atoms with van der Waals surface area (Å²) in [6, 6.07) is 5.03. The third-order valence-corrected chi connectivity index (χ3v) is 3.09. The number of hydrogen-bond acceptors (Lipinski definition) is 4. The van der Waals surface area contributed by atoms with Gasteiger partial charge in [-0.3, -0.25) is 0 Å². The van der Waals surface area contributed by atoms with Crippen LogP contribution >= 0.6 is 0 Å². The van der Waals surface area contributed by atoms with Crippen molar-refractivity contribution < 1.29 is 8.91 Å². The third-order valence-electron chi connectivity index (χ3n) is 3.09. The lowest BCUT2D eigenvalue weighted by atomic mass is 10.1. The highest BCUT2D eigenvalue weighted by Gasteiger charge is 2.13. The van der Waals surface area contributed by atoms with E-state index in [2.05, 4.69) is 22.4 Å². The van der Waals surface area contributed by atoms with E-state index in [0.717, 1.165) is 12.0 Å². The van der Waals surface area contributed by atoms with Crippen LogP contribution in [0.5, 0.6) is 0 Å². The van der Waals surface area contributed by atoms with Gasteiger partial charge in [0.05, 0.1) is 0 Å². The van der Waals surface area contributed by atoms with Crippen molar-refractivity contribution in [3.63, 3.8) is 0 Å². The summed E-state index contributed by atoms with van der Waals surface area (Å²) in [4.78, 5) is 4.31. The molecule has 1 heterocycles. The molecular formula is C14H18FN3O. The number of nitrogens with zero attached hydrogens (tertiary/aromatic N) is 2. The van der Waals surface area contributed by atoms with E-state index in [-0.39, 0.29) is 5.82 Å². The van der Waals surface area contributed by atoms with Crippen molar-refractivity contribution in [2.75, 3.05) is 7.05 Å². The molecule has 0 aliphatic carbocycles. The minimum absolute atomic E-state index is 0.289. The van der Waals surface area contributed by atoms with Crippen molar-refractivity contribution in [3.05, 3.63) is 35.5 Å². The Labute approximate surface area is 112 Å². The van der Waals surface area contributed by atoms with Gasteiger partial charge in [-0.05, 0) is 44.2 Å². The quantitative estimate of drug-likeness (QED) is 0.901. The van der Waals surface area contributed by atoms with Crippen molar-refractivity contribution in [1.29, 1.82) is 0 Å². The molecule has 2 rings (SSSR count). The Kier molecular flexibility index (Phi) is 4.27. The second-order valence-electron chi connectivity index (χ2n) is 4.63. The maximum Gasteiger partial charge on any atom is 0.228 e. The molecule has 0 bridgehead atoms. The van der Waals surface area contributed by atoms with E-state index in [1.54, 1.807) is 0 Å². The molecule has 1 atom stereocenters. The summed E-state index contributed by atoms with van der Waals surface area (Å²) in [7, 11) is 1.90. The largest absolute Gasteiger partial charge is 0.339 e. The molecule has 5 heteroatoms. The van der Waals surface area contributed by atoms with Crippen LogP contribution in [0, 0.1) is 12.7 Å². The lowest BCUT2D eigenvalue weighted by molar-refractivity contribution is 0.359. The molecule has 0 aliphatic rings. The van der Waals surface area contributed by atoms with Crippen molar-refractivity contribution in [2.45, 2.75) is 32.7 Å². The topological polar surface area (TPSA) is 51.0 Å². The number of likely N-dealkylation sites (N-methyl/N-ethyl adjacent to an activating group) is 1. The Hall–Kier alpha value is -1.75. The Morgan fingerprint density at radius 1 is 1.37 bits per heavy atom. The molecule has 4 nitrogen and oxygen atoms in total. The number of benzene rings is 1. The first-order valence-corrected chi connectivity index (χ1v) is 6.39. The Morgan fingerprint density at radius 3 is 2.79 bits per heavy atom. The summed E-state index contributed by atoms with van der Waals surface area (Å²) in [6.45, 7) is 3.93. The zero-order chi connectivity index (χ0) is 13.8. The fourth-order valence-electron chi connectivity index (χ4n) is 1.98.